The van der Waals surface area contributed by atoms with Crippen molar-refractivity contribution >= 4 is 17.7 Å². The molecule has 3 rings (SSSR count). The SMILES string of the molecule is CC(C)N(Cc1ccccc1)C(=O)COC(=O)C1CCN(c2ccc(C#N)cn2)CC1. The minimum atomic E-state index is -0.316. The summed E-state index contributed by atoms with van der Waals surface area (Å²) in [5.74, 6) is 0.0779. The topological polar surface area (TPSA) is 86.5 Å². The van der Waals surface area contributed by atoms with Crippen LogP contribution in [0, 0.1) is 17.2 Å². The summed E-state index contributed by atoms with van der Waals surface area (Å²) in [5.41, 5.74) is 1.56. The monoisotopic (exact) mass is 420 g/mol. The van der Waals surface area contributed by atoms with Gasteiger partial charge < -0.3 is 14.5 Å². The molecule has 1 saturated heterocycles. The Bertz CT molecular complexity index is 914. The summed E-state index contributed by atoms with van der Waals surface area (Å²) in [6, 6.07) is 15.4. The summed E-state index contributed by atoms with van der Waals surface area (Å²) in [5, 5.41) is 8.88. The quantitative estimate of drug-likeness (QED) is 0.640. The normalized spacial score (nSPS) is 14.2. The van der Waals surface area contributed by atoms with E-state index in [1.54, 1.807) is 17.2 Å². The lowest BCUT2D eigenvalue weighted by atomic mass is 9.97. The fraction of sp³-hybridized carbons (Fsp3) is 0.417. The highest BCUT2D eigenvalue weighted by atomic mass is 16.5. The molecule has 0 unspecified atom stereocenters. The van der Waals surface area contributed by atoms with Crippen molar-refractivity contribution in [3.63, 3.8) is 0 Å². The Morgan fingerprint density at radius 3 is 2.48 bits per heavy atom. The Balaban J connectivity index is 1.47. The zero-order chi connectivity index (χ0) is 22.2. The number of carbonyl (C=O) groups is 2. The highest BCUT2D eigenvalue weighted by molar-refractivity contribution is 5.81. The van der Waals surface area contributed by atoms with E-state index >= 15 is 0 Å². The van der Waals surface area contributed by atoms with Crippen LogP contribution in [0.5, 0.6) is 0 Å². The molecule has 7 heteroatoms. The number of aromatic nitrogens is 1. The van der Waals surface area contributed by atoms with E-state index in [0.29, 0.717) is 38.0 Å². The highest BCUT2D eigenvalue weighted by Crippen LogP contribution is 2.23. The van der Waals surface area contributed by atoms with Crippen molar-refractivity contribution in [3.8, 4) is 6.07 Å². The average Bonchev–Trinajstić information content (AvgIpc) is 2.81. The molecule has 0 aliphatic carbocycles. The number of piperidine rings is 1. The van der Waals surface area contributed by atoms with Crippen LogP contribution in [-0.2, 0) is 20.9 Å². The van der Waals surface area contributed by atoms with Gasteiger partial charge in [-0.25, -0.2) is 4.98 Å². The molecule has 0 spiro atoms. The number of ether oxygens (including phenoxy) is 1. The summed E-state index contributed by atoms with van der Waals surface area (Å²) >= 11 is 0. The molecule has 1 aliphatic heterocycles. The number of benzene rings is 1. The number of anilines is 1. The molecular weight excluding hydrogens is 392 g/mol. The maximum atomic E-state index is 12.7. The van der Waals surface area contributed by atoms with E-state index in [2.05, 4.69) is 16.0 Å². The first-order chi connectivity index (χ1) is 15.0. The third kappa shape index (κ3) is 6.05. The minimum Gasteiger partial charge on any atom is -0.455 e. The van der Waals surface area contributed by atoms with Gasteiger partial charge in [0.2, 0.25) is 0 Å². The zero-order valence-electron chi connectivity index (χ0n) is 18.0. The van der Waals surface area contributed by atoms with Gasteiger partial charge in [0, 0.05) is 31.9 Å². The molecular formula is C24H28N4O3. The first-order valence-corrected chi connectivity index (χ1v) is 10.6. The highest BCUT2D eigenvalue weighted by Gasteiger charge is 2.28. The van der Waals surface area contributed by atoms with Crippen LogP contribution in [-0.4, -0.2) is 47.5 Å². The second kappa shape index (κ2) is 10.6. The van der Waals surface area contributed by atoms with Crippen molar-refractivity contribution < 1.29 is 14.3 Å². The van der Waals surface area contributed by atoms with E-state index in [1.165, 1.54) is 0 Å². The van der Waals surface area contributed by atoms with Crippen LogP contribution >= 0.6 is 0 Å². The number of nitrogens with zero attached hydrogens (tertiary/aromatic N) is 4. The zero-order valence-corrected chi connectivity index (χ0v) is 18.0. The van der Waals surface area contributed by atoms with E-state index in [-0.39, 0.29) is 30.4 Å². The Kier molecular flexibility index (Phi) is 7.60. The molecule has 31 heavy (non-hydrogen) atoms. The van der Waals surface area contributed by atoms with E-state index in [1.807, 2.05) is 50.2 Å². The van der Waals surface area contributed by atoms with E-state index < -0.39 is 0 Å². The van der Waals surface area contributed by atoms with Crippen molar-refractivity contribution in [3.05, 3.63) is 59.8 Å². The number of carbonyl (C=O) groups excluding carboxylic acids is 2. The first kappa shape index (κ1) is 22.3. The fourth-order valence-corrected chi connectivity index (χ4v) is 3.66. The van der Waals surface area contributed by atoms with Crippen LogP contribution in [0.1, 0.15) is 37.8 Å². The molecule has 7 nitrogen and oxygen atoms in total. The number of nitriles is 1. The first-order valence-electron chi connectivity index (χ1n) is 10.6. The summed E-state index contributed by atoms with van der Waals surface area (Å²) in [6.07, 6.45) is 2.84. The van der Waals surface area contributed by atoms with Gasteiger partial charge in [-0.3, -0.25) is 9.59 Å². The molecule has 1 aromatic heterocycles. The van der Waals surface area contributed by atoms with E-state index in [0.717, 1.165) is 11.4 Å². The van der Waals surface area contributed by atoms with Crippen molar-refractivity contribution in [2.24, 2.45) is 5.92 Å². The van der Waals surface area contributed by atoms with Gasteiger partial charge in [0.25, 0.3) is 5.91 Å². The fourth-order valence-electron chi connectivity index (χ4n) is 3.66. The van der Waals surface area contributed by atoms with Gasteiger partial charge >= 0.3 is 5.97 Å². The smallest absolute Gasteiger partial charge is 0.309 e. The second-order valence-corrected chi connectivity index (χ2v) is 7.99. The molecule has 0 bridgehead atoms. The van der Waals surface area contributed by atoms with Crippen LogP contribution in [0.25, 0.3) is 0 Å². The lowest BCUT2D eigenvalue weighted by Crippen LogP contribution is -2.41. The predicted molar refractivity (Wildman–Crippen MR) is 117 cm³/mol. The molecule has 0 radical (unpaired) electrons. The average molecular weight is 421 g/mol. The van der Waals surface area contributed by atoms with Gasteiger partial charge in [0.15, 0.2) is 6.61 Å². The summed E-state index contributed by atoms with van der Waals surface area (Å²) in [7, 11) is 0. The molecule has 1 aliphatic rings. The molecule has 2 aromatic rings. The van der Waals surface area contributed by atoms with Crippen LogP contribution < -0.4 is 4.90 Å². The summed E-state index contributed by atoms with van der Waals surface area (Å²) < 4.78 is 5.38. The number of esters is 1. The number of amides is 1. The largest absolute Gasteiger partial charge is 0.455 e. The Morgan fingerprint density at radius 1 is 1.19 bits per heavy atom. The number of hydrogen-bond donors (Lipinski definition) is 0. The van der Waals surface area contributed by atoms with Gasteiger partial charge in [-0.2, -0.15) is 5.26 Å². The summed E-state index contributed by atoms with van der Waals surface area (Å²) in [4.78, 5) is 33.3. The molecule has 0 saturated carbocycles. The molecule has 162 valence electrons. The Labute approximate surface area is 183 Å². The van der Waals surface area contributed by atoms with Gasteiger partial charge in [-0.15, -0.1) is 0 Å². The molecule has 2 heterocycles. The van der Waals surface area contributed by atoms with Gasteiger partial charge in [-0.05, 0) is 44.4 Å². The third-order valence-corrected chi connectivity index (χ3v) is 5.51. The van der Waals surface area contributed by atoms with E-state index in [4.69, 9.17) is 10.00 Å². The van der Waals surface area contributed by atoms with Crippen LogP contribution in [0.4, 0.5) is 5.82 Å². The molecule has 0 N–H and O–H groups in total. The van der Waals surface area contributed by atoms with Crippen LogP contribution in [0.15, 0.2) is 48.7 Å². The minimum absolute atomic E-state index is 0.00886. The van der Waals surface area contributed by atoms with Crippen LogP contribution in [0.3, 0.4) is 0 Å². The standard InChI is InChI=1S/C24H28N4O3/c1-18(2)28(16-19-6-4-3-5-7-19)23(29)17-31-24(30)21-10-12-27(13-11-21)22-9-8-20(14-25)15-26-22/h3-9,15,18,21H,10-13,16-17H2,1-2H3. The Hall–Kier alpha value is -3.40. The number of hydrogen-bond acceptors (Lipinski definition) is 6. The summed E-state index contributed by atoms with van der Waals surface area (Å²) in [6.45, 7) is 5.52. The number of rotatable bonds is 7. The predicted octanol–water partition coefficient (Wildman–Crippen LogP) is 3.15. The van der Waals surface area contributed by atoms with Crippen molar-refractivity contribution in [1.82, 2.24) is 9.88 Å². The van der Waals surface area contributed by atoms with E-state index in [9.17, 15) is 9.59 Å². The van der Waals surface area contributed by atoms with Crippen molar-refractivity contribution in [2.75, 3.05) is 24.6 Å². The van der Waals surface area contributed by atoms with Gasteiger partial charge in [0.05, 0.1) is 11.5 Å². The van der Waals surface area contributed by atoms with Crippen molar-refractivity contribution in [1.29, 1.82) is 5.26 Å². The second-order valence-electron chi connectivity index (χ2n) is 7.99. The number of pyridine rings is 1. The molecule has 0 atom stereocenters. The van der Waals surface area contributed by atoms with Crippen molar-refractivity contribution in [2.45, 2.75) is 39.3 Å². The van der Waals surface area contributed by atoms with Gasteiger partial charge in [0.1, 0.15) is 11.9 Å². The molecule has 1 fully saturated rings. The third-order valence-electron chi connectivity index (χ3n) is 5.51. The molecule has 1 amide bonds. The maximum Gasteiger partial charge on any atom is 0.309 e. The maximum absolute atomic E-state index is 12.7. The molecule has 1 aromatic carbocycles. The van der Waals surface area contributed by atoms with Crippen LogP contribution in [0.2, 0.25) is 0 Å². The lowest BCUT2D eigenvalue weighted by molar-refractivity contribution is -0.157. The lowest BCUT2D eigenvalue weighted by Gasteiger charge is -2.32. The Morgan fingerprint density at radius 2 is 1.90 bits per heavy atom. The van der Waals surface area contributed by atoms with Gasteiger partial charge in [-0.1, -0.05) is 30.3 Å².